The molecule has 1 nitrogen and oxygen atoms in total. The van der Waals surface area contributed by atoms with Crippen molar-refractivity contribution in [3.05, 3.63) is 71.8 Å². The number of rotatable bonds is 3. The Morgan fingerprint density at radius 1 is 1.06 bits per heavy atom. The molecule has 92 valence electrons. The quantitative estimate of drug-likeness (QED) is 0.747. The van der Waals surface area contributed by atoms with Crippen LogP contribution < -0.4 is 5.30 Å². The average Bonchev–Trinajstić information content (AvgIpc) is 2.40. The maximum absolute atomic E-state index is 12.9. The van der Waals surface area contributed by atoms with Gasteiger partial charge in [-0.05, 0) is 24.4 Å². The molecule has 0 aliphatic carbocycles. The first-order valence-corrected chi connectivity index (χ1v) is 8.13. The highest BCUT2D eigenvalue weighted by Gasteiger charge is 2.22. The monoisotopic (exact) mass is 276 g/mol. The van der Waals surface area contributed by atoms with E-state index in [9.17, 15) is 4.57 Å². The van der Waals surface area contributed by atoms with Crippen LogP contribution in [0.15, 0.2) is 61.2 Å². The Kier molecular flexibility index (Phi) is 3.75. The van der Waals surface area contributed by atoms with E-state index < -0.39 is 7.14 Å². The Morgan fingerprint density at radius 3 is 2.17 bits per heavy atom. The van der Waals surface area contributed by atoms with Crippen molar-refractivity contribution in [2.75, 3.05) is 6.66 Å². The summed E-state index contributed by atoms with van der Waals surface area (Å²) in [7, 11) is -2.61. The van der Waals surface area contributed by atoms with Gasteiger partial charge >= 0.3 is 0 Å². The van der Waals surface area contributed by atoms with Crippen LogP contribution in [0.25, 0.3) is 5.31 Å². The van der Waals surface area contributed by atoms with E-state index in [-0.39, 0.29) is 0 Å². The Balaban J connectivity index is 2.39. The molecule has 0 saturated carbocycles. The fourth-order valence-electron chi connectivity index (χ4n) is 1.76. The van der Waals surface area contributed by atoms with E-state index in [0.717, 1.165) is 10.9 Å². The topological polar surface area (TPSA) is 17.1 Å². The van der Waals surface area contributed by atoms with Crippen LogP contribution in [-0.2, 0) is 4.57 Å². The molecule has 0 aliphatic heterocycles. The molecule has 0 saturated heterocycles. The summed E-state index contributed by atoms with van der Waals surface area (Å²) in [5.74, 6) is 0. The summed E-state index contributed by atoms with van der Waals surface area (Å²) in [5.41, 5.74) is 0.870. The van der Waals surface area contributed by atoms with Crippen molar-refractivity contribution in [2.24, 2.45) is 0 Å². The van der Waals surface area contributed by atoms with Gasteiger partial charge in [0.25, 0.3) is 0 Å². The van der Waals surface area contributed by atoms with E-state index in [1.54, 1.807) is 18.8 Å². The van der Waals surface area contributed by atoms with Crippen LogP contribution in [-0.4, -0.2) is 6.66 Å². The third kappa shape index (κ3) is 2.58. The molecule has 0 radical (unpaired) electrons. The minimum Gasteiger partial charge on any atom is -0.314 e. The molecule has 2 rings (SSSR count). The lowest BCUT2D eigenvalue weighted by atomic mass is 10.2. The lowest BCUT2D eigenvalue weighted by molar-refractivity contribution is 0.591. The highest BCUT2D eigenvalue weighted by atomic mass is 35.5. The first-order chi connectivity index (χ1) is 8.51. The van der Waals surface area contributed by atoms with Gasteiger partial charge in [0.2, 0.25) is 0 Å². The van der Waals surface area contributed by atoms with Crippen molar-refractivity contribution in [1.29, 1.82) is 0 Å². The lowest BCUT2D eigenvalue weighted by Gasteiger charge is -2.16. The zero-order valence-electron chi connectivity index (χ0n) is 10.1. The largest absolute Gasteiger partial charge is 0.314 e. The Labute approximate surface area is 112 Å². The fourth-order valence-corrected chi connectivity index (χ4v) is 3.58. The van der Waals surface area contributed by atoms with Crippen molar-refractivity contribution in [1.82, 2.24) is 0 Å². The van der Waals surface area contributed by atoms with Crippen molar-refractivity contribution in [3.8, 4) is 0 Å². The molecule has 18 heavy (non-hydrogen) atoms. The maximum atomic E-state index is 12.9. The SMILES string of the molecule is C=C(c1ccc(Cl)cc1)P(C)(=O)c1ccccc1. The van der Waals surface area contributed by atoms with Gasteiger partial charge in [-0.15, -0.1) is 0 Å². The Hall–Kier alpha value is -1.30. The van der Waals surface area contributed by atoms with Crippen LogP contribution in [0, 0.1) is 0 Å². The summed E-state index contributed by atoms with van der Waals surface area (Å²) in [4.78, 5) is 0. The van der Waals surface area contributed by atoms with Crippen molar-refractivity contribution >= 4 is 29.4 Å². The highest BCUT2D eigenvalue weighted by Crippen LogP contribution is 2.53. The molecule has 0 fully saturated rings. The van der Waals surface area contributed by atoms with E-state index in [1.165, 1.54) is 0 Å². The molecule has 0 bridgehead atoms. The van der Waals surface area contributed by atoms with E-state index in [2.05, 4.69) is 6.58 Å². The second kappa shape index (κ2) is 5.14. The molecule has 1 unspecified atom stereocenters. The molecule has 0 aromatic heterocycles. The number of benzene rings is 2. The number of hydrogen-bond donors (Lipinski definition) is 0. The molecule has 0 aliphatic rings. The average molecular weight is 277 g/mol. The zero-order chi connectivity index (χ0) is 13.2. The van der Waals surface area contributed by atoms with Gasteiger partial charge in [0.05, 0.1) is 0 Å². The van der Waals surface area contributed by atoms with Crippen molar-refractivity contribution < 1.29 is 4.57 Å². The Bertz CT molecular complexity index is 602. The standard InChI is InChI=1S/C15H14ClOP/c1-12(13-8-10-14(16)11-9-13)18(2,17)15-6-4-3-5-7-15/h3-11H,1H2,2H3. The zero-order valence-corrected chi connectivity index (χ0v) is 11.8. The first kappa shape index (κ1) is 13.1. The van der Waals surface area contributed by atoms with Crippen molar-refractivity contribution in [3.63, 3.8) is 0 Å². The summed E-state index contributed by atoms with van der Waals surface area (Å²) in [6.45, 7) is 5.75. The molecular formula is C15H14ClOP. The molecule has 0 heterocycles. The maximum Gasteiger partial charge on any atom is 0.140 e. The van der Waals surface area contributed by atoms with Crippen LogP contribution in [0.1, 0.15) is 5.56 Å². The van der Waals surface area contributed by atoms with Crippen LogP contribution in [0.2, 0.25) is 5.02 Å². The van der Waals surface area contributed by atoms with Gasteiger partial charge in [0.1, 0.15) is 7.14 Å². The summed E-state index contributed by atoms with van der Waals surface area (Å²) in [6.07, 6.45) is 0. The fraction of sp³-hybridized carbons (Fsp3) is 0.0667. The smallest absolute Gasteiger partial charge is 0.140 e. The van der Waals surface area contributed by atoms with E-state index >= 15 is 0 Å². The summed E-state index contributed by atoms with van der Waals surface area (Å²) in [6, 6.07) is 16.7. The molecule has 3 heteroatoms. The van der Waals surface area contributed by atoms with Crippen LogP contribution in [0.4, 0.5) is 0 Å². The van der Waals surface area contributed by atoms with Gasteiger partial charge in [0, 0.05) is 15.6 Å². The number of hydrogen-bond acceptors (Lipinski definition) is 1. The summed E-state index contributed by atoms with van der Waals surface area (Å²) < 4.78 is 12.9. The Morgan fingerprint density at radius 2 is 1.61 bits per heavy atom. The van der Waals surface area contributed by atoms with Gasteiger partial charge < -0.3 is 4.57 Å². The predicted octanol–water partition coefficient (Wildman–Crippen LogP) is 4.63. The first-order valence-electron chi connectivity index (χ1n) is 5.60. The molecule has 0 spiro atoms. The van der Waals surface area contributed by atoms with Gasteiger partial charge in [-0.2, -0.15) is 0 Å². The van der Waals surface area contributed by atoms with Crippen LogP contribution >= 0.6 is 18.7 Å². The van der Waals surface area contributed by atoms with Crippen molar-refractivity contribution in [2.45, 2.75) is 0 Å². The normalized spacial score (nSPS) is 13.9. The van der Waals surface area contributed by atoms with Crippen LogP contribution in [0.3, 0.4) is 0 Å². The van der Waals surface area contributed by atoms with Crippen LogP contribution in [0.5, 0.6) is 0 Å². The van der Waals surface area contributed by atoms with E-state index in [0.29, 0.717) is 10.3 Å². The summed E-state index contributed by atoms with van der Waals surface area (Å²) in [5, 5.41) is 2.15. The van der Waals surface area contributed by atoms with Gasteiger partial charge in [-0.1, -0.05) is 60.6 Å². The number of halogens is 1. The molecule has 2 aromatic rings. The highest BCUT2D eigenvalue weighted by molar-refractivity contribution is 7.80. The third-order valence-corrected chi connectivity index (χ3v) is 5.77. The summed E-state index contributed by atoms with van der Waals surface area (Å²) >= 11 is 5.85. The minimum atomic E-state index is -2.61. The van der Waals surface area contributed by atoms with E-state index in [1.807, 2.05) is 42.5 Å². The molecular weight excluding hydrogens is 263 g/mol. The molecule has 0 amide bonds. The molecule has 1 atom stereocenters. The second-order valence-corrected chi connectivity index (χ2v) is 7.55. The third-order valence-electron chi connectivity index (χ3n) is 2.94. The van der Waals surface area contributed by atoms with E-state index in [4.69, 9.17) is 11.6 Å². The lowest BCUT2D eigenvalue weighted by Crippen LogP contribution is -2.03. The molecule has 2 aromatic carbocycles. The van der Waals surface area contributed by atoms with Gasteiger partial charge in [-0.25, -0.2) is 0 Å². The second-order valence-electron chi connectivity index (χ2n) is 4.21. The molecule has 0 N–H and O–H groups in total. The van der Waals surface area contributed by atoms with Gasteiger partial charge in [0.15, 0.2) is 0 Å². The van der Waals surface area contributed by atoms with Gasteiger partial charge in [-0.3, -0.25) is 0 Å². The predicted molar refractivity (Wildman–Crippen MR) is 80.1 cm³/mol. The minimum absolute atomic E-state index is 0.658.